The predicted octanol–water partition coefficient (Wildman–Crippen LogP) is 7.84. The van der Waals surface area contributed by atoms with E-state index in [1.54, 1.807) is 0 Å². The molecule has 36 heavy (non-hydrogen) atoms. The number of aryl methyl sites for hydroxylation is 2. The van der Waals surface area contributed by atoms with E-state index in [1.165, 1.54) is 27.6 Å². The SMILES string of the molecule is CCC(C)(Pc1c(C)cccc1CN(Cc1ccccc1)Cc1ccccc1)c1cccc(C)c1O. The van der Waals surface area contributed by atoms with E-state index in [0.717, 1.165) is 37.2 Å². The molecule has 4 rings (SSSR count). The van der Waals surface area contributed by atoms with Gasteiger partial charge >= 0.3 is 0 Å². The van der Waals surface area contributed by atoms with Crippen LogP contribution in [0.25, 0.3) is 0 Å². The van der Waals surface area contributed by atoms with Crippen molar-refractivity contribution in [2.75, 3.05) is 0 Å². The maximum Gasteiger partial charge on any atom is 0.122 e. The van der Waals surface area contributed by atoms with Crippen LogP contribution in [0.4, 0.5) is 0 Å². The van der Waals surface area contributed by atoms with Crippen molar-refractivity contribution in [3.8, 4) is 5.75 Å². The number of rotatable bonds is 10. The third-order valence-electron chi connectivity index (χ3n) is 7.19. The van der Waals surface area contributed by atoms with Gasteiger partial charge in [-0.05, 0) is 53.4 Å². The predicted molar refractivity (Wildman–Crippen MR) is 155 cm³/mol. The lowest BCUT2D eigenvalue weighted by atomic mass is 9.94. The molecule has 0 saturated carbocycles. The second kappa shape index (κ2) is 11.9. The minimum atomic E-state index is -0.124. The zero-order valence-electron chi connectivity index (χ0n) is 22.0. The Hall–Kier alpha value is -2.93. The Kier molecular flexibility index (Phi) is 8.62. The van der Waals surface area contributed by atoms with Crippen molar-refractivity contribution < 1.29 is 5.11 Å². The monoisotopic (exact) mass is 495 g/mol. The third-order valence-corrected chi connectivity index (χ3v) is 9.33. The molecule has 0 radical (unpaired) electrons. The Morgan fingerprint density at radius 1 is 0.694 bits per heavy atom. The van der Waals surface area contributed by atoms with Gasteiger partial charge in [0.2, 0.25) is 0 Å². The summed E-state index contributed by atoms with van der Waals surface area (Å²) in [5.74, 6) is 0.444. The first-order chi connectivity index (χ1) is 17.4. The topological polar surface area (TPSA) is 23.5 Å². The van der Waals surface area contributed by atoms with Crippen LogP contribution < -0.4 is 5.30 Å². The van der Waals surface area contributed by atoms with Crippen molar-refractivity contribution >= 4 is 13.9 Å². The number of aromatic hydroxyl groups is 1. The molecule has 4 aromatic rings. The third kappa shape index (κ3) is 6.25. The normalized spacial score (nSPS) is 13.4. The van der Waals surface area contributed by atoms with Crippen LogP contribution in [0.1, 0.15) is 53.6 Å². The molecule has 0 amide bonds. The van der Waals surface area contributed by atoms with Gasteiger partial charge in [-0.15, -0.1) is 0 Å². The van der Waals surface area contributed by atoms with Crippen molar-refractivity contribution in [3.05, 3.63) is 130 Å². The molecule has 0 fully saturated rings. The Bertz CT molecular complexity index is 1230. The fraction of sp³-hybridized carbons (Fsp3) is 0.273. The maximum absolute atomic E-state index is 11.0. The Morgan fingerprint density at radius 3 is 1.83 bits per heavy atom. The molecule has 0 aliphatic carbocycles. The molecule has 0 aliphatic heterocycles. The molecule has 0 spiro atoms. The molecular weight excluding hydrogens is 457 g/mol. The molecule has 1 N–H and O–H groups in total. The summed E-state index contributed by atoms with van der Waals surface area (Å²) in [4.78, 5) is 2.54. The highest BCUT2D eigenvalue weighted by Gasteiger charge is 2.30. The standard InChI is InChI=1S/C33H38NOP/c1-5-33(4,30-21-13-14-25(2)31(30)35)36-32-26(3)15-12-20-29(32)24-34(22-27-16-8-6-9-17-27)23-28-18-10-7-11-19-28/h6-21,35-36H,5,22-24H2,1-4H3. The molecule has 3 heteroatoms. The van der Waals surface area contributed by atoms with Crippen LogP contribution in [-0.2, 0) is 24.8 Å². The highest BCUT2D eigenvalue weighted by molar-refractivity contribution is 7.48. The zero-order chi connectivity index (χ0) is 25.5. The summed E-state index contributed by atoms with van der Waals surface area (Å²) in [7, 11) is 0.565. The molecule has 186 valence electrons. The number of para-hydroxylation sites is 1. The Morgan fingerprint density at radius 2 is 1.25 bits per heavy atom. The van der Waals surface area contributed by atoms with Crippen molar-refractivity contribution in [1.29, 1.82) is 0 Å². The molecule has 0 bridgehead atoms. The summed E-state index contributed by atoms with van der Waals surface area (Å²) in [6, 6.07) is 34.4. The van der Waals surface area contributed by atoms with Crippen LogP contribution in [0.3, 0.4) is 0 Å². The highest BCUT2D eigenvalue weighted by atomic mass is 31.1. The van der Waals surface area contributed by atoms with Gasteiger partial charge in [-0.1, -0.05) is 119 Å². The number of hydrogen-bond donors (Lipinski definition) is 1. The van der Waals surface area contributed by atoms with Gasteiger partial charge in [0.05, 0.1) is 0 Å². The Balaban J connectivity index is 1.67. The van der Waals surface area contributed by atoms with Crippen LogP contribution in [0.5, 0.6) is 5.75 Å². The van der Waals surface area contributed by atoms with E-state index < -0.39 is 0 Å². The van der Waals surface area contributed by atoms with E-state index in [2.05, 4.69) is 117 Å². The lowest BCUT2D eigenvalue weighted by Gasteiger charge is -2.33. The van der Waals surface area contributed by atoms with Gasteiger partial charge in [-0.25, -0.2) is 0 Å². The van der Waals surface area contributed by atoms with Gasteiger partial charge in [0.25, 0.3) is 0 Å². The quantitative estimate of drug-likeness (QED) is 0.227. The summed E-state index contributed by atoms with van der Waals surface area (Å²) in [6.45, 7) is 11.4. The van der Waals surface area contributed by atoms with E-state index in [-0.39, 0.29) is 5.16 Å². The lowest BCUT2D eigenvalue weighted by molar-refractivity contribution is 0.248. The van der Waals surface area contributed by atoms with Crippen LogP contribution in [0.2, 0.25) is 0 Å². The van der Waals surface area contributed by atoms with E-state index in [4.69, 9.17) is 0 Å². The van der Waals surface area contributed by atoms with Crippen LogP contribution in [0, 0.1) is 13.8 Å². The molecule has 0 aliphatic rings. The van der Waals surface area contributed by atoms with Crippen molar-refractivity contribution in [2.24, 2.45) is 0 Å². The fourth-order valence-electron chi connectivity index (χ4n) is 4.86. The molecule has 0 saturated heterocycles. The summed E-state index contributed by atoms with van der Waals surface area (Å²) in [5, 5.41) is 12.3. The summed E-state index contributed by atoms with van der Waals surface area (Å²) >= 11 is 0. The average Bonchev–Trinajstić information content (AvgIpc) is 2.89. The fourth-order valence-corrected chi connectivity index (χ4v) is 6.53. The summed E-state index contributed by atoms with van der Waals surface area (Å²) < 4.78 is 0. The van der Waals surface area contributed by atoms with Gasteiger partial charge in [-0.2, -0.15) is 0 Å². The first-order valence-electron chi connectivity index (χ1n) is 12.9. The molecule has 2 atom stereocenters. The number of nitrogens with zero attached hydrogens (tertiary/aromatic N) is 1. The van der Waals surface area contributed by atoms with Crippen molar-refractivity contribution in [3.63, 3.8) is 0 Å². The summed E-state index contributed by atoms with van der Waals surface area (Å²) in [6.07, 6.45) is 0.966. The van der Waals surface area contributed by atoms with Crippen molar-refractivity contribution in [2.45, 2.75) is 58.9 Å². The molecule has 0 aromatic heterocycles. The second-order valence-corrected chi connectivity index (χ2v) is 11.9. The van der Waals surface area contributed by atoms with E-state index in [9.17, 15) is 5.11 Å². The van der Waals surface area contributed by atoms with Gasteiger partial charge in [0.1, 0.15) is 5.75 Å². The minimum Gasteiger partial charge on any atom is -0.507 e. The molecular formula is C33H38NOP. The first kappa shape index (κ1) is 26.1. The number of phenolic OH excluding ortho intramolecular Hbond substituents is 1. The molecule has 0 heterocycles. The van der Waals surface area contributed by atoms with E-state index >= 15 is 0 Å². The highest BCUT2D eigenvalue weighted by Crippen LogP contribution is 2.48. The van der Waals surface area contributed by atoms with Gasteiger partial charge in [0, 0.05) is 30.4 Å². The van der Waals surface area contributed by atoms with Gasteiger partial charge in [0.15, 0.2) is 0 Å². The smallest absolute Gasteiger partial charge is 0.122 e. The summed E-state index contributed by atoms with van der Waals surface area (Å²) in [5.41, 5.74) is 7.37. The molecule has 2 unspecified atom stereocenters. The first-order valence-corrected chi connectivity index (χ1v) is 13.9. The van der Waals surface area contributed by atoms with Gasteiger partial charge < -0.3 is 5.11 Å². The minimum absolute atomic E-state index is 0.124. The number of phenols is 1. The lowest BCUT2D eigenvalue weighted by Crippen LogP contribution is -2.27. The average molecular weight is 496 g/mol. The zero-order valence-corrected chi connectivity index (χ0v) is 23.0. The molecule has 2 nitrogen and oxygen atoms in total. The van der Waals surface area contributed by atoms with Crippen LogP contribution in [0.15, 0.2) is 97.1 Å². The van der Waals surface area contributed by atoms with E-state index in [0.29, 0.717) is 14.3 Å². The van der Waals surface area contributed by atoms with Crippen LogP contribution in [-0.4, -0.2) is 10.0 Å². The second-order valence-electron chi connectivity index (χ2n) is 10.0. The van der Waals surface area contributed by atoms with Crippen molar-refractivity contribution in [1.82, 2.24) is 4.90 Å². The maximum atomic E-state index is 11.0. The van der Waals surface area contributed by atoms with Crippen LogP contribution >= 0.6 is 8.58 Å². The Labute approximate surface area is 218 Å². The number of benzene rings is 4. The van der Waals surface area contributed by atoms with E-state index in [1.807, 2.05) is 13.0 Å². The largest absolute Gasteiger partial charge is 0.507 e. The van der Waals surface area contributed by atoms with Gasteiger partial charge in [-0.3, -0.25) is 4.90 Å². The number of hydrogen-bond acceptors (Lipinski definition) is 2. The molecule has 4 aromatic carbocycles.